The minimum atomic E-state index is -0.239. The van der Waals surface area contributed by atoms with Gasteiger partial charge in [-0.1, -0.05) is 73.9 Å². The summed E-state index contributed by atoms with van der Waals surface area (Å²) in [6, 6.07) is 19.3. The Balaban J connectivity index is 1.68. The van der Waals surface area contributed by atoms with E-state index in [1.807, 2.05) is 61.5 Å². The van der Waals surface area contributed by atoms with Crippen molar-refractivity contribution in [3.05, 3.63) is 71.8 Å². The number of hydrogen-bond acceptors (Lipinski definition) is 3. The standard InChI is InChI=1S/C25H27NO3/c1-17(18-10-4-2-5-11-18)29-23-16-22(24(27)21-15-9-8-14-20(21)23)25(28)26-19-12-6-3-7-13-19/h2,4-5,8-11,14-17,19,27H,3,6-7,12-13H2,1H3,(H,26,28). The zero-order valence-electron chi connectivity index (χ0n) is 16.7. The van der Waals surface area contributed by atoms with Crippen molar-refractivity contribution in [2.45, 2.75) is 51.2 Å². The normalized spacial score (nSPS) is 15.8. The van der Waals surface area contributed by atoms with Crippen molar-refractivity contribution in [1.82, 2.24) is 5.32 Å². The summed E-state index contributed by atoms with van der Waals surface area (Å²) in [6.45, 7) is 1.98. The second-order valence-electron chi connectivity index (χ2n) is 7.80. The molecule has 1 saturated carbocycles. The zero-order chi connectivity index (χ0) is 20.2. The average molecular weight is 389 g/mol. The largest absolute Gasteiger partial charge is 0.506 e. The fourth-order valence-electron chi connectivity index (χ4n) is 4.09. The molecule has 4 heteroatoms. The number of aromatic hydroxyl groups is 1. The van der Waals surface area contributed by atoms with Crippen LogP contribution >= 0.6 is 0 Å². The molecule has 1 atom stereocenters. The summed E-state index contributed by atoms with van der Waals surface area (Å²) in [7, 11) is 0. The van der Waals surface area contributed by atoms with Crippen LogP contribution in [0, 0.1) is 0 Å². The van der Waals surface area contributed by atoms with Crippen molar-refractivity contribution in [2.75, 3.05) is 0 Å². The lowest BCUT2D eigenvalue weighted by Gasteiger charge is -2.23. The van der Waals surface area contributed by atoms with Crippen LogP contribution in [0.4, 0.5) is 0 Å². The molecule has 29 heavy (non-hydrogen) atoms. The number of phenolic OH excluding ortho intramolecular Hbond substituents is 1. The smallest absolute Gasteiger partial charge is 0.255 e. The topological polar surface area (TPSA) is 58.6 Å². The van der Waals surface area contributed by atoms with Crippen molar-refractivity contribution in [3.8, 4) is 11.5 Å². The third-order valence-corrected chi connectivity index (χ3v) is 5.74. The SMILES string of the molecule is CC(Oc1cc(C(=O)NC2CCCCC2)c(O)c2ccccc12)c1ccccc1. The van der Waals surface area contributed by atoms with Gasteiger partial charge in [0.1, 0.15) is 17.6 Å². The molecule has 1 fully saturated rings. The highest BCUT2D eigenvalue weighted by molar-refractivity contribution is 6.05. The average Bonchev–Trinajstić information content (AvgIpc) is 2.77. The van der Waals surface area contributed by atoms with Gasteiger partial charge in [0.05, 0.1) is 5.56 Å². The quantitative estimate of drug-likeness (QED) is 0.584. The van der Waals surface area contributed by atoms with Gasteiger partial charge in [0, 0.05) is 16.8 Å². The molecule has 3 aromatic rings. The number of carbonyl (C=O) groups excluding carboxylic acids is 1. The van der Waals surface area contributed by atoms with E-state index in [1.165, 1.54) is 6.42 Å². The van der Waals surface area contributed by atoms with E-state index >= 15 is 0 Å². The van der Waals surface area contributed by atoms with E-state index in [2.05, 4.69) is 5.32 Å². The van der Waals surface area contributed by atoms with Crippen LogP contribution < -0.4 is 10.1 Å². The molecule has 1 unspecified atom stereocenters. The Morgan fingerprint density at radius 2 is 1.66 bits per heavy atom. The van der Waals surface area contributed by atoms with Crippen LogP contribution in [0.1, 0.15) is 61.1 Å². The molecule has 1 aliphatic rings. The number of ether oxygens (including phenoxy) is 1. The number of fused-ring (bicyclic) bond motifs is 1. The summed E-state index contributed by atoms with van der Waals surface area (Å²) in [5.41, 5.74) is 1.32. The van der Waals surface area contributed by atoms with Gasteiger partial charge in [0.25, 0.3) is 5.91 Å². The third kappa shape index (κ3) is 4.21. The van der Waals surface area contributed by atoms with Crippen molar-refractivity contribution >= 4 is 16.7 Å². The maximum absolute atomic E-state index is 13.0. The lowest BCUT2D eigenvalue weighted by Crippen LogP contribution is -2.36. The number of amides is 1. The molecule has 1 aliphatic carbocycles. The Morgan fingerprint density at radius 3 is 2.38 bits per heavy atom. The van der Waals surface area contributed by atoms with Crippen LogP contribution in [0.15, 0.2) is 60.7 Å². The van der Waals surface area contributed by atoms with Crippen LogP contribution in [0.2, 0.25) is 0 Å². The highest BCUT2D eigenvalue weighted by atomic mass is 16.5. The molecule has 0 spiro atoms. The van der Waals surface area contributed by atoms with Gasteiger partial charge in [-0.05, 0) is 31.4 Å². The number of phenols is 1. The van der Waals surface area contributed by atoms with E-state index in [0.717, 1.165) is 36.6 Å². The molecule has 0 saturated heterocycles. The second-order valence-corrected chi connectivity index (χ2v) is 7.80. The molecule has 4 rings (SSSR count). The van der Waals surface area contributed by atoms with E-state index in [9.17, 15) is 9.90 Å². The second kappa shape index (κ2) is 8.56. The molecule has 0 heterocycles. The maximum Gasteiger partial charge on any atom is 0.255 e. The van der Waals surface area contributed by atoms with Crippen LogP contribution in [0.5, 0.6) is 11.5 Å². The molecule has 1 amide bonds. The van der Waals surface area contributed by atoms with Gasteiger partial charge in [-0.2, -0.15) is 0 Å². The van der Waals surface area contributed by atoms with E-state index in [4.69, 9.17) is 4.74 Å². The van der Waals surface area contributed by atoms with Gasteiger partial charge in [-0.3, -0.25) is 4.79 Å². The lowest BCUT2D eigenvalue weighted by molar-refractivity contribution is 0.0924. The van der Waals surface area contributed by atoms with Crippen LogP contribution in [-0.4, -0.2) is 17.1 Å². The Morgan fingerprint density at radius 1 is 1.00 bits per heavy atom. The van der Waals surface area contributed by atoms with Crippen LogP contribution in [-0.2, 0) is 0 Å². The molecule has 0 bridgehead atoms. The van der Waals surface area contributed by atoms with E-state index in [-0.39, 0.29) is 29.4 Å². The zero-order valence-corrected chi connectivity index (χ0v) is 16.7. The summed E-state index contributed by atoms with van der Waals surface area (Å²) >= 11 is 0. The molecular weight excluding hydrogens is 362 g/mol. The summed E-state index contributed by atoms with van der Waals surface area (Å²) < 4.78 is 6.26. The lowest BCUT2D eigenvalue weighted by atomic mass is 9.95. The summed E-state index contributed by atoms with van der Waals surface area (Å²) in [5, 5.41) is 15.3. The van der Waals surface area contributed by atoms with Gasteiger partial charge in [0.15, 0.2) is 0 Å². The highest BCUT2D eigenvalue weighted by Gasteiger charge is 2.22. The third-order valence-electron chi connectivity index (χ3n) is 5.74. The van der Waals surface area contributed by atoms with Gasteiger partial charge in [-0.25, -0.2) is 0 Å². The minimum Gasteiger partial charge on any atom is -0.506 e. The van der Waals surface area contributed by atoms with Gasteiger partial charge < -0.3 is 15.2 Å². The molecule has 2 N–H and O–H groups in total. The van der Waals surface area contributed by atoms with Crippen molar-refractivity contribution in [3.63, 3.8) is 0 Å². The Bertz CT molecular complexity index is 994. The molecule has 3 aromatic carbocycles. The molecular formula is C25H27NO3. The van der Waals surface area contributed by atoms with Crippen molar-refractivity contribution in [1.29, 1.82) is 0 Å². The molecule has 150 valence electrons. The summed E-state index contributed by atoms with van der Waals surface area (Å²) in [4.78, 5) is 13.0. The number of benzene rings is 3. The Hall–Kier alpha value is -3.01. The summed E-state index contributed by atoms with van der Waals surface area (Å²) in [5.74, 6) is 0.370. The first kappa shape index (κ1) is 19.3. The maximum atomic E-state index is 13.0. The molecule has 4 nitrogen and oxygen atoms in total. The number of nitrogens with one attached hydrogen (secondary N) is 1. The molecule has 0 radical (unpaired) electrons. The van der Waals surface area contributed by atoms with Crippen LogP contribution in [0.3, 0.4) is 0 Å². The van der Waals surface area contributed by atoms with Crippen LogP contribution in [0.25, 0.3) is 10.8 Å². The highest BCUT2D eigenvalue weighted by Crippen LogP contribution is 2.38. The number of hydrogen-bond donors (Lipinski definition) is 2. The number of carbonyl (C=O) groups is 1. The van der Waals surface area contributed by atoms with E-state index in [0.29, 0.717) is 11.1 Å². The molecule has 0 aliphatic heterocycles. The number of rotatable bonds is 5. The summed E-state index contributed by atoms with van der Waals surface area (Å²) in [6.07, 6.45) is 5.31. The Labute approximate surface area is 171 Å². The van der Waals surface area contributed by atoms with Gasteiger partial charge in [-0.15, -0.1) is 0 Å². The Kier molecular flexibility index (Phi) is 5.70. The van der Waals surface area contributed by atoms with Crippen molar-refractivity contribution < 1.29 is 14.6 Å². The van der Waals surface area contributed by atoms with Gasteiger partial charge >= 0.3 is 0 Å². The monoisotopic (exact) mass is 389 g/mol. The first-order chi connectivity index (χ1) is 14.1. The first-order valence-corrected chi connectivity index (χ1v) is 10.4. The minimum absolute atomic E-state index is 0.00798. The predicted molar refractivity (Wildman–Crippen MR) is 115 cm³/mol. The van der Waals surface area contributed by atoms with E-state index in [1.54, 1.807) is 6.07 Å². The van der Waals surface area contributed by atoms with Gasteiger partial charge in [0.2, 0.25) is 0 Å². The predicted octanol–water partition coefficient (Wildman–Crippen LogP) is 5.75. The fourth-order valence-corrected chi connectivity index (χ4v) is 4.09. The van der Waals surface area contributed by atoms with E-state index < -0.39 is 0 Å². The molecule has 0 aromatic heterocycles. The fraction of sp³-hybridized carbons (Fsp3) is 0.320. The van der Waals surface area contributed by atoms with Crippen molar-refractivity contribution in [2.24, 2.45) is 0 Å². The first-order valence-electron chi connectivity index (χ1n) is 10.4.